The molecule has 0 bridgehead atoms. The van der Waals surface area contributed by atoms with Gasteiger partial charge in [-0.15, -0.1) is 11.3 Å². The van der Waals surface area contributed by atoms with Gasteiger partial charge in [0.15, 0.2) is 0 Å². The van der Waals surface area contributed by atoms with Gasteiger partial charge < -0.3 is 16.0 Å². The first-order valence-corrected chi connectivity index (χ1v) is 8.98. The molecule has 0 spiro atoms. The van der Waals surface area contributed by atoms with E-state index < -0.39 is 0 Å². The molecular weight excluding hydrogens is 310 g/mol. The van der Waals surface area contributed by atoms with E-state index in [-0.39, 0.29) is 11.9 Å². The van der Waals surface area contributed by atoms with Gasteiger partial charge in [-0.25, -0.2) is 9.97 Å². The first-order valence-electron chi connectivity index (χ1n) is 8.16. The third-order valence-electron chi connectivity index (χ3n) is 4.89. The molecule has 7 heteroatoms. The third kappa shape index (κ3) is 2.57. The van der Waals surface area contributed by atoms with Crippen LogP contribution in [0.2, 0.25) is 0 Å². The summed E-state index contributed by atoms with van der Waals surface area (Å²) >= 11 is 1.80. The van der Waals surface area contributed by atoms with Crippen LogP contribution in [0.25, 0.3) is 10.2 Å². The molecule has 0 saturated carbocycles. The number of carbonyl (C=O) groups excluding carboxylic acids is 1. The molecule has 0 aromatic carbocycles. The van der Waals surface area contributed by atoms with Crippen molar-refractivity contribution in [2.75, 3.05) is 24.5 Å². The molecule has 0 radical (unpaired) electrons. The minimum absolute atomic E-state index is 0.304. The molecule has 4 rings (SSSR count). The number of fused-ring (bicyclic) bond motifs is 3. The van der Waals surface area contributed by atoms with Gasteiger partial charge in [-0.3, -0.25) is 4.79 Å². The fourth-order valence-electron chi connectivity index (χ4n) is 3.63. The number of carbonyl (C=O) groups is 1. The number of hydrogen-bond donors (Lipinski definition) is 2. The second kappa shape index (κ2) is 5.72. The number of rotatable bonds is 2. The van der Waals surface area contributed by atoms with Crippen molar-refractivity contribution in [2.24, 2.45) is 11.7 Å². The van der Waals surface area contributed by atoms with Crippen LogP contribution in [-0.2, 0) is 17.6 Å². The minimum atomic E-state index is -0.316. The third-order valence-corrected chi connectivity index (χ3v) is 6.05. The van der Waals surface area contributed by atoms with E-state index in [4.69, 9.17) is 5.73 Å². The van der Waals surface area contributed by atoms with Gasteiger partial charge in [0.05, 0.1) is 5.39 Å². The molecule has 2 aliphatic rings. The summed E-state index contributed by atoms with van der Waals surface area (Å²) in [4.78, 5) is 25.3. The van der Waals surface area contributed by atoms with Crippen LogP contribution in [-0.4, -0.2) is 41.6 Å². The molecule has 6 nitrogen and oxygen atoms in total. The molecule has 1 aliphatic carbocycles. The number of anilines is 1. The van der Waals surface area contributed by atoms with Crippen LogP contribution in [0.15, 0.2) is 6.33 Å². The summed E-state index contributed by atoms with van der Waals surface area (Å²) in [6, 6.07) is -0.316. The Morgan fingerprint density at radius 3 is 3.17 bits per heavy atom. The zero-order valence-corrected chi connectivity index (χ0v) is 14.0. The minimum Gasteiger partial charge on any atom is -0.368 e. The van der Waals surface area contributed by atoms with E-state index in [1.165, 1.54) is 22.2 Å². The first-order chi connectivity index (χ1) is 11.1. The lowest BCUT2D eigenvalue weighted by atomic mass is 9.89. The Hall–Kier alpha value is -1.73. The van der Waals surface area contributed by atoms with Gasteiger partial charge in [0.1, 0.15) is 23.0 Å². The Morgan fingerprint density at radius 1 is 1.48 bits per heavy atom. The summed E-state index contributed by atoms with van der Waals surface area (Å²) in [5, 5.41) is 4.37. The van der Waals surface area contributed by atoms with E-state index >= 15 is 0 Å². The number of aromatic nitrogens is 2. The van der Waals surface area contributed by atoms with E-state index in [2.05, 4.69) is 27.1 Å². The predicted molar refractivity (Wildman–Crippen MR) is 91.8 cm³/mol. The smallest absolute Gasteiger partial charge is 0.236 e. The monoisotopic (exact) mass is 331 g/mol. The Bertz CT molecular complexity index is 758. The lowest BCUT2D eigenvalue weighted by molar-refractivity contribution is -0.120. The molecule has 3 heterocycles. The molecule has 1 amide bonds. The van der Waals surface area contributed by atoms with Crippen LogP contribution in [0.1, 0.15) is 23.8 Å². The summed E-state index contributed by atoms with van der Waals surface area (Å²) in [5.41, 5.74) is 6.89. The molecule has 2 aromatic heterocycles. The Morgan fingerprint density at radius 2 is 2.35 bits per heavy atom. The zero-order valence-electron chi connectivity index (χ0n) is 13.2. The Balaban J connectivity index is 1.77. The van der Waals surface area contributed by atoms with Crippen molar-refractivity contribution in [3.63, 3.8) is 0 Å². The second-order valence-electron chi connectivity index (χ2n) is 6.58. The zero-order chi connectivity index (χ0) is 16.0. The average Bonchev–Trinajstić information content (AvgIpc) is 2.92. The average molecular weight is 331 g/mol. The number of hydrogen-bond acceptors (Lipinski definition) is 6. The summed E-state index contributed by atoms with van der Waals surface area (Å²) in [7, 11) is 0. The fourth-order valence-corrected chi connectivity index (χ4v) is 4.98. The van der Waals surface area contributed by atoms with Gasteiger partial charge in [0.2, 0.25) is 5.91 Å². The quantitative estimate of drug-likeness (QED) is 0.860. The van der Waals surface area contributed by atoms with Gasteiger partial charge in [0.25, 0.3) is 0 Å². The normalized spacial score (nSPS) is 24.7. The number of nitrogens with zero attached hydrogens (tertiary/aromatic N) is 3. The van der Waals surface area contributed by atoms with Gasteiger partial charge in [-0.05, 0) is 30.7 Å². The highest BCUT2D eigenvalue weighted by molar-refractivity contribution is 7.19. The maximum Gasteiger partial charge on any atom is 0.236 e. The van der Waals surface area contributed by atoms with E-state index in [1.807, 2.05) is 0 Å². The van der Waals surface area contributed by atoms with E-state index in [0.717, 1.165) is 42.5 Å². The van der Waals surface area contributed by atoms with E-state index in [1.54, 1.807) is 17.7 Å². The number of primary amides is 1. The van der Waals surface area contributed by atoms with Crippen LogP contribution in [0.4, 0.5) is 5.82 Å². The maximum atomic E-state index is 11.5. The summed E-state index contributed by atoms with van der Waals surface area (Å²) in [5.74, 6) is 1.40. The highest BCUT2D eigenvalue weighted by atomic mass is 32.1. The number of nitrogens with two attached hydrogens (primary N) is 1. The molecule has 0 unspecified atom stereocenters. The van der Waals surface area contributed by atoms with E-state index in [9.17, 15) is 4.79 Å². The van der Waals surface area contributed by atoms with Gasteiger partial charge in [-0.1, -0.05) is 6.92 Å². The highest BCUT2D eigenvalue weighted by Gasteiger charge is 2.28. The van der Waals surface area contributed by atoms with Crippen LogP contribution in [0.5, 0.6) is 0 Å². The number of thiophene rings is 1. The highest BCUT2D eigenvalue weighted by Crippen LogP contribution is 2.40. The van der Waals surface area contributed by atoms with Crippen molar-refractivity contribution in [1.29, 1.82) is 0 Å². The molecule has 1 aliphatic heterocycles. The van der Waals surface area contributed by atoms with Crippen molar-refractivity contribution in [1.82, 2.24) is 15.3 Å². The molecule has 23 heavy (non-hydrogen) atoms. The summed E-state index contributed by atoms with van der Waals surface area (Å²) < 4.78 is 0. The lowest BCUT2D eigenvalue weighted by Crippen LogP contribution is -2.56. The van der Waals surface area contributed by atoms with Crippen LogP contribution >= 0.6 is 11.3 Å². The number of amides is 1. The molecule has 1 fully saturated rings. The maximum absolute atomic E-state index is 11.5. The lowest BCUT2D eigenvalue weighted by Gasteiger charge is -2.33. The number of piperazine rings is 1. The molecule has 1 saturated heterocycles. The van der Waals surface area contributed by atoms with Crippen molar-refractivity contribution in [2.45, 2.75) is 32.2 Å². The molecule has 2 aromatic rings. The van der Waals surface area contributed by atoms with Gasteiger partial charge >= 0.3 is 0 Å². The standard InChI is InChI=1S/C16H21N5OS/c1-9-2-3-10-12(6-9)23-16-13(10)15(19-8-20-16)21-5-4-18-11(7-21)14(17)22/h8-9,11,18H,2-7H2,1H3,(H2,17,22)/t9-,11+/m1/s1. The van der Waals surface area contributed by atoms with Crippen molar-refractivity contribution in [3.8, 4) is 0 Å². The van der Waals surface area contributed by atoms with Crippen LogP contribution < -0.4 is 16.0 Å². The molecule has 2 atom stereocenters. The Kier molecular flexibility index (Phi) is 3.69. The SMILES string of the molecule is C[C@@H]1CCc2c(sc3ncnc(N4CCN[C@H](C(N)=O)C4)c23)C1. The van der Waals surface area contributed by atoms with Crippen LogP contribution in [0.3, 0.4) is 0 Å². The Labute approximate surface area is 139 Å². The van der Waals surface area contributed by atoms with Crippen molar-refractivity contribution < 1.29 is 4.79 Å². The number of nitrogens with one attached hydrogen (secondary N) is 1. The van der Waals surface area contributed by atoms with Gasteiger partial charge in [0, 0.05) is 24.5 Å². The summed E-state index contributed by atoms with van der Waals surface area (Å²) in [6.45, 7) is 4.45. The topological polar surface area (TPSA) is 84.1 Å². The van der Waals surface area contributed by atoms with Crippen molar-refractivity contribution in [3.05, 3.63) is 16.8 Å². The largest absolute Gasteiger partial charge is 0.368 e. The first kappa shape index (κ1) is 14.8. The number of aryl methyl sites for hydroxylation is 1. The van der Waals surface area contributed by atoms with Gasteiger partial charge in [-0.2, -0.15) is 0 Å². The predicted octanol–water partition coefficient (Wildman–Crippen LogP) is 1.08. The summed E-state index contributed by atoms with van der Waals surface area (Å²) in [6.07, 6.45) is 5.10. The molecule has 122 valence electrons. The van der Waals surface area contributed by atoms with E-state index in [0.29, 0.717) is 6.54 Å². The van der Waals surface area contributed by atoms with Crippen LogP contribution in [0, 0.1) is 5.92 Å². The molecule has 3 N–H and O–H groups in total. The van der Waals surface area contributed by atoms with Crippen molar-refractivity contribution >= 4 is 33.3 Å². The molecular formula is C16H21N5OS. The second-order valence-corrected chi connectivity index (χ2v) is 7.67. The fraction of sp³-hybridized carbons (Fsp3) is 0.562.